The molecule has 2 fully saturated rings. The van der Waals surface area contributed by atoms with Gasteiger partial charge in [-0.15, -0.1) is 0 Å². The Morgan fingerprint density at radius 2 is 1.54 bits per heavy atom. The molecule has 2 aliphatic rings. The molecular formula is C21H23FN4O2. The second kappa shape index (κ2) is 7.96. The highest BCUT2D eigenvalue weighted by atomic mass is 19.1. The summed E-state index contributed by atoms with van der Waals surface area (Å²) in [5.41, 5.74) is 1.35. The molecule has 1 aromatic heterocycles. The highest BCUT2D eigenvalue weighted by molar-refractivity contribution is 5.98. The maximum atomic E-state index is 14.0. The first kappa shape index (κ1) is 18.4. The van der Waals surface area contributed by atoms with Crippen LogP contribution in [0.2, 0.25) is 0 Å². The maximum Gasteiger partial charge on any atom is 0.272 e. The zero-order chi connectivity index (χ0) is 19.5. The summed E-state index contributed by atoms with van der Waals surface area (Å²) in [6, 6.07) is 9.92. The largest absolute Gasteiger partial charge is 0.366 e. The first-order valence-electron chi connectivity index (χ1n) is 9.67. The lowest BCUT2D eigenvalue weighted by Gasteiger charge is -2.36. The number of amides is 2. The monoisotopic (exact) mass is 382 g/mol. The first-order valence-corrected chi connectivity index (χ1v) is 9.67. The van der Waals surface area contributed by atoms with Gasteiger partial charge in [0.05, 0.1) is 5.69 Å². The number of para-hydroxylation sites is 1. The van der Waals surface area contributed by atoms with Crippen LogP contribution in [-0.2, 0) is 0 Å². The Morgan fingerprint density at radius 3 is 2.25 bits per heavy atom. The molecule has 6 nitrogen and oxygen atoms in total. The summed E-state index contributed by atoms with van der Waals surface area (Å²) in [6.07, 6.45) is 3.54. The van der Waals surface area contributed by atoms with Gasteiger partial charge in [0.15, 0.2) is 0 Å². The van der Waals surface area contributed by atoms with Gasteiger partial charge in [-0.05, 0) is 37.1 Å². The highest BCUT2D eigenvalue weighted by Crippen LogP contribution is 2.21. The molecule has 0 N–H and O–H groups in total. The summed E-state index contributed by atoms with van der Waals surface area (Å²) >= 11 is 0. The molecule has 1 aromatic carbocycles. The number of hydrogen-bond donors (Lipinski definition) is 0. The number of benzene rings is 1. The Kier molecular flexibility index (Phi) is 5.23. The number of carbonyl (C=O) groups is 2. The number of piperazine rings is 1. The van der Waals surface area contributed by atoms with E-state index >= 15 is 0 Å². The van der Waals surface area contributed by atoms with Crippen LogP contribution in [0.25, 0.3) is 0 Å². The Morgan fingerprint density at radius 1 is 0.857 bits per heavy atom. The van der Waals surface area contributed by atoms with Gasteiger partial charge in [0.2, 0.25) is 0 Å². The Balaban J connectivity index is 1.42. The van der Waals surface area contributed by atoms with Crippen LogP contribution in [-0.4, -0.2) is 65.9 Å². The summed E-state index contributed by atoms with van der Waals surface area (Å²) in [4.78, 5) is 35.1. The summed E-state index contributed by atoms with van der Waals surface area (Å²) in [6.45, 7) is 3.64. The van der Waals surface area contributed by atoms with Crippen LogP contribution >= 0.6 is 0 Å². The van der Waals surface area contributed by atoms with Gasteiger partial charge < -0.3 is 14.7 Å². The van der Waals surface area contributed by atoms with E-state index in [2.05, 4.69) is 4.98 Å². The lowest BCUT2D eigenvalue weighted by Crippen LogP contribution is -2.49. The zero-order valence-corrected chi connectivity index (χ0v) is 15.7. The van der Waals surface area contributed by atoms with E-state index in [0.717, 1.165) is 25.9 Å². The van der Waals surface area contributed by atoms with Gasteiger partial charge >= 0.3 is 0 Å². The van der Waals surface area contributed by atoms with Gasteiger partial charge in [-0.2, -0.15) is 0 Å². The third kappa shape index (κ3) is 3.69. The predicted octanol–water partition coefficient (Wildman–Crippen LogP) is 2.42. The molecule has 4 rings (SSSR count). The Hall–Kier alpha value is -2.96. The Bertz CT molecular complexity index is 874. The molecule has 0 unspecified atom stereocenters. The fraction of sp³-hybridized carbons (Fsp3) is 0.381. The number of carbonyl (C=O) groups excluding carboxylic acids is 2. The van der Waals surface area contributed by atoms with Gasteiger partial charge in [0.25, 0.3) is 11.8 Å². The van der Waals surface area contributed by atoms with Gasteiger partial charge in [0, 0.05) is 51.0 Å². The molecule has 3 heterocycles. The normalized spacial score (nSPS) is 17.1. The molecule has 28 heavy (non-hydrogen) atoms. The van der Waals surface area contributed by atoms with Gasteiger partial charge in [-0.3, -0.25) is 14.6 Å². The van der Waals surface area contributed by atoms with E-state index in [4.69, 9.17) is 0 Å². The maximum absolute atomic E-state index is 14.0. The van der Waals surface area contributed by atoms with Crippen molar-refractivity contribution in [2.75, 3.05) is 44.2 Å². The van der Waals surface area contributed by atoms with Crippen molar-refractivity contribution in [1.82, 2.24) is 14.8 Å². The van der Waals surface area contributed by atoms with Crippen molar-refractivity contribution in [2.24, 2.45) is 0 Å². The molecule has 2 saturated heterocycles. The van der Waals surface area contributed by atoms with Crippen LogP contribution < -0.4 is 4.90 Å². The highest BCUT2D eigenvalue weighted by Gasteiger charge is 2.25. The minimum Gasteiger partial charge on any atom is -0.366 e. The van der Waals surface area contributed by atoms with Crippen LogP contribution in [0.5, 0.6) is 0 Å². The molecule has 0 saturated carbocycles. The molecular weight excluding hydrogens is 359 g/mol. The molecule has 0 aliphatic carbocycles. The van der Waals surface area contributed by atoms with E-state index in [1.165, 1.54) is 12.3 Å². The minimum atomic E-state index is -0.249. The van der Waals surface area contributed by atoms with Crippen LogP contribution in [0.3, 0.4) is 0 Å². The SMILES string of the molecule is O=C(c1ccnc(C(=O)N2CCCC2)c1)N1CCN(c2ccccc2F)CC1. The predicted molar refractivity (Wildman–Crippen MR) is 104 cm³/mol. The van der Waals surface area contributed by atoms with E-state index in [-0.39, 0.29) is 17.6 Å². The molecule has 146 valence electrons. The van der Waals surface area contributed by atoms with Crippen LogP contribution in [0, 0.1) is 5.82 Å². The van der Waals surface area contributed by atoms with Gasteiger partial charge in [-0.1, -0.05) is 12.1 Å². The number of likely N-dealkylation sites (tertiary alicyclic amines) is 1. The standard InChI is InChI=1S/C21H23FN4O2/c22-17-5-1-2-6-19(17)24-11-13-26(14-12-24)20(27)16-7-8-23-18(15-16)21(28)25-9-3-4-10-25/h1-2,5-8,15H,3-4,9-14H2. The van der Waals surface area contributed by atoms with E-state index in [1.54, 1.807) is 34.1 Å². The summed E-state index contributed by atoms with van der Waals surface area (Å²) in [5.74, 6) is -0.482. The van der Waals surface area contributed by atoms with E-state index in [1.807, 2.05) is 11.0 Å². The number of anilines is 1. The zero-order valence-electron chi connectivity index (χ0n) is 15.7. The van der Waals surface area contributed by atoms with Crippen molar-refractivity contribution >= 4 is 17.5 Å². The van der Waals surface area contributed by atoms with Gasteiger partial charge in [-0.25, -0.2) is 4.39 Å². The van der Waals surface area contributed by atoms with Gasteiger partial charge in [0.1, 0.15) is 11.5 Å². The average molecular weight is 382 g/mol. The lowest BCUT2D eigenvalue weighted by atomic mass is 10.1. The number of aromatic nitrogens is 1. The molecule has 0 atom stereocenters. The van der Waals surface area contributed by atoms with E-state index in [9.17, 15) is 14.0 Å². The molecule has 2 aliphatic heterocycles. The molecule has 0 radical (unpaired) electrons. The molecule has 0 bridgehead atoms. The summed E-state index contributed by atoms with van der Waals surface area (Å²) < 4.78 is 14.0. The number of rotatable bonds is 3. The molecule has 2 amide bonds. The topological polar surface area (TPSA) is 56.8 Å². The third-order valence-corrected chi connectivity index (χ3v) is 5.38. The fourth-order valence-electron chi connectivity index (χ4n) is 3.80. The van der Waals surface area contributed by atoms with Crippen molar-refractivity contribution in [3.8, 4) is 0 Å². The van der Waals surface area contributed by atoms with Crippen LogP contribution in [0.4, 0.5) is 10.1 Å². The minimum absolute atomic E-state index is 0.114. The van der Waals surface area contributed by atoms with Crippen molar-refractivity contribution in [1.29, 1.82) is 0 Å². The van der Waals surface area contributed by atoms with Crippen LogP contribution in [0.15, 0.2) is 42.6 Å². The van der Waals surface area contributed by atoms with E-state index < -0.39 is 0 Å². The Labute approximate surface area is 163 Å². The number of nitrogens with zero attached hydrogens (tertiary/aromatic N) is 4. The van der Waals surface area contributed by atoms with Crippen molar-refractivity contribution in [2.45, 2.75) is 12.8 Å². The number of halogens is 1. The summed E-state index contributed by atoms with van der Waals surface area (Å²) in [7, 11) is 0. The summed E-state index contributed by atoms with van der Waals surface area (Å²) in [5, 5.41) is 0. The second-order valence-electron chi connectivity index (χ2n) is 7.16. The first-order chi connectivity index (χ1) is 13.6. The molecule has 2 aromatic rings. The number of pyridine rings is 1. The smallest absolute Gasteiger partial charge is 0.272 e. The lowest BCUT2D eigenvalue weighted by molar-refractivity contribution is 0.0746. The number of hydrogen-bond acceptors (Lipinski definition) is 4. The van der Waals surface area contributed by atoms with Crippen molar-refractivity contribution in [3.63, 3.8) is 0 Å². The second-order valence-corrected chi connectivity index (χ2v) is 7.16. The fourth-order valence-corrected chi connectivity index (χ4v) is 3.80. The average Bonchev–Trinajstić information content (AvgIpc) is 3.28. The van der Waals surface area contributed by atoms with Crippen molar-refractivity contribution in [3.05, 3.63) is 59.7 Å². The van der Waals surface area contributed by atoms with Crippen LogP contribution in [0.1, 0.15) is 33.7 Å². The molecule has 0 spiro atoms. The van der Waals surface area contributed by atoms with Crippen molar-refractivity contribution < 1.29 is 14.0 Å². The van der Waals surface area contributed by atoms with E-state index in [0.29, 0.717) is 43.1 Å². The molecule has 7 heteroatoms. The quantitative estimate of drug-likeness (QED) is 0.818. The third-order valence-electron chi connectivity index (χ3n) is 5.38.